The average molecular weight is 729 g/mol. The molecule has 12 nitrogen and oxygen atoms in total. The minimum atomic E-state index is -4.03. The predicted molar refractivity (Wildman–Crippen MR) is 194 cm³/mol. The van der Waals surface area contributed by atoms with Gasteiger partial charge in [0.1, 0.15) is 22.9 Å². The molecule has 276 valence electrons. The van der Waals surface area contributed by atoms with Crippen molar-refractivity contribution in [1.29, 1.82) is 0 Å². The number of carbonyl (C=O) groups is 1. The molecule has 0 radical (unpaired) electrons. The molecule has 1 spiro atoms. The molecule has 2 aliphatic heterocycles. The van der Waals surface area contributed by atoms with Crippen LogP contribution in [0.25, 0.3) is 5.65 Å². The van der Waals surface area contributed by atoms with Gasteiger partial charge in [-0.05, 0) is 126 Å². The van der Waals surface area contributed by atoms with Crippen molar-refractivity contribution in [3.05, 3.63) is 75.7 Å². The molecule has 1 aromatic carbocycles. The lowest BCUT2D eigenvalue weighted by atomic mass is 9.70. The first-order valence-corrected chi connectivity index (χ1v) is 19.9. The van der Waals surface area contributed by atoms with Gasteiger partial charge >= 0.3 is 5.97 Å². The highest BCUT2D eigenvalue weighted by molar-refractivity contribution is 7.89. The lowest BCUT2D eigenvalue weighted by molar-refractivity contribution is -0.147. The maximum atomic E-state index is 14.5. The molecule has 0 bridgehead atoms. The molecule has 8 rings (SSSR count). The van der Waals surface area contributed by atoms with E-state index in [1.54, 1.807) is 19.9 Å². The van der Waals surface area contributed by atoms with Crippen LogP contribution in [0.4, 0.5) is 0 Å². The van der Waals surface area contributed by atoms with Gasteiger partial charge in [0.15, 0.2) is 5.65 Å². The molecule has 4 aliphatic rings. The number of fused-ring (bicyclic) bond motifs is 2. The minimum absolute atomic E-state index is 0.0437. The van der Waals surface area contributed by atoms with E-state index in [2.05, 4.69) is 20.1 Å². The fourth-order valence-electron chi connectivity index (χ4n) is 7.95. The smallest absolute Gasteiger partial charge is 0.310 e. The summed E-state index contributed by atoms with van der Waals surface area (Å²) < 4.78 is 45.0. The fraction of sp³-hybridized carbons (Fsp3) is 0.538. The lowest BCUT2D eigenvalue weighted by Crippen LogP contribution is -2.38. The molecule has 2 saturated carbocycles. The summed E-state index contributed by atoms with van der Waals surface area (Å²) in [6.45, 7) is 12.9. The van der Waals surface area contributed by atoms with Crippen LogP contribution in [0.15, 0.2) is 41.4 Å². The van der Waals surface area contributed by atoms with Crippen molar-refractivity contribution in [2.45, 2.75) is 102 Å². The van der Waals surface area contributed by atoms with E-state index in [4.69, 9.17) is 9.47 Å². The summed E-state index contributed by atoms with van der Waals surface area (Å²) in [5, 5.41) is 19.6. The predicted octanol–water partition coefficient (Wildman–Crippen LogP) is 5.76. The van der Waals surface area contributed by atoms with E-state index in [9.17, 15) is 18.3 Å². The monoisotopic (exact) mass is 728 g/mol. The lowest BCUT2D eigenvalue weighted by Gasteiger charge is -2.33. The maximum Gasteiger partial charge on any atom is 0.310 e. The maximum absolute atomic E-state index is 14.5. The van der Waals surface area contributed by atoms with E-state index < -0.39 is 32.9 Å². The Bertz CT molecular complexity index is 2170. The molecule has 0 amide bonds. The minimum Gasteiger partial charge on any atom is -0.481 e. The molecular weight excluding hydrogens is 681 g/mol. The Morgan fingerprint density at radius 3 is 2.52 bits per heavy atom. The normalized spacial score (nSPS) is 20.4. The summed E-state index contributed by atoms with van der Waals surface area (Å²) in [6, 6.07) is 9.54. The molecule has 1 N–H and O–H groups in total. The Labute approximate surface area is 305 Å². The van der Waals surface area contributed by atoms with Gasteiger partial charge in [-0.15, -0.1) is 10.2 Å². The van der Waals surface area contributed by atoms with E-state index in [1.165, 1.54) is 17.1 Å². The number of aryl methyl sites for hydroxylation is 3. The average Bonchev–Trinajstić information content (AvgIpc) is 3.99. The third-order valence-electron chi connectivity index (χ3n) is 11.6. The quantitative estimate of drug-likeness (QED) is 0.203. The number of benzene rings is 1. The number of likely N-dealkylation sites (tertiary alicyclic amines) is 1. The van der Waals surface area contributed by atoms with Crippen molar-refractivity contribution in [3.8, 4) is 11.8 Å². The van der Waals surface area contributed by atoms with Gasteiger partial charge in [0.05, 0.1) is 12.0 Å². The summed E-state index contributed by atoms with van der Waals surface area (Å²) in [7, 11) is -4.03. The topological polar surface area (TPSA) is 139 Å². The molecule has 0 unspecified atom stereocenters. The van der Waals surface area contributed by atoms with Crippen molar-refractivity contribution in [3.63, 3.8) is 0 Å². The number of pyridine rings is 2. The number of rotatable bonds is 11. The van der Waals surface area contributed by atoms with Crippen molar-refractivity contribution in [2.75, 3.05) is 32.8 Å². The largest absolute Gasteiger partial charge is 0.481 e. The molecule has 4 aromatic rings. The van der Waals surface area contributed by atoms with Crippen LogP contribution in [-0.2, 0) is 21.4 Å². The number of carboxylic acids is 1. The van der Waals surface area contributed by atoms with Gasteiger partial charge < -0.3 is 14.6 Å². The molecule has 1 saturated heterocycles. The number of sulfonamides is 1. The Balaban J connectivity index is 1.13. The van der Waals surface area contributed by atoms with Gasteiger partial charge in [-0.2, -0.15) is 9.29 Å². The van der Waals surface area contributed by atoms with Crippen LogP contribution in [0.3, 0.4) is 0 Å². The molecule has 3 aromatic heterocycles. The number of ether oxygens (including phenoxy) is 2. The van der Waals surface area contributed by atoms with Gasteiger partial charge in [0, 0.05) is 36.7 Å². The van der Waals surface area contributed by atoms with E-state index in [0.717, 1.165) is 84.6 Å². The Kier molecular flexibility index (Phi) is 8.62. The van der Waals surface area contributed by atoms with Gasteiger partial charge in [-0.1, -0.05) is 18.2 Å². The SMILES string of the molecule is Cc1ccc([C@@H](c2ccn3c(C4CC4)nnc3c2C)C(C)(C)C(=O)O)cc1CN1CC2(CC2)Oc2nc(OCCN3CCCC3)c(C)cc2S1(=O)=O. The summed E-state index contributed by atoms with van der Waals surface area (Å²) in [5.74, 6) is 0.372. The highest BCUT2D eigenvalue weighted by Crippen LogP contribution is 2.48. The fourth-order valence-corrected chi connectivity index (χ4v) is 9.57. The van der Waals surface area contributed by atoms with Gasteiger partial charge in [-0.25, -0.2) is 8.42 Å². The second-order valence-electron chi connectivity index (χ2n) is 15.9. The first-order valence-electron chi connectivity index (χ1n) is 18.5. The van der Waals surface area contributed by atoms with Crippen LogP contribution in [0, 0.1) is 26.2 Å². The number of nitrogens with zero attached hydrogens (tertiary/aromatic N) is 6. The Hall–Kier alpha value is -4.07. The van der Waals surface area contributed by atoms with Crippen LogP contribution in [0.5, 0.6) is 11.8 Å². The van der Waals surface area contributed by atoms with E-state index in [-0.39, 0.29) is 23.9 Å². The molecule has 52 heavy (non-hydrogen) atoms. The third-order valence-corrected chi connectivity index (χ3v) is 13.4. The summed E-state index contributed by atoms with van der Waals surface area (Å²) in [5.41, 5.74) is 3.75. The van der Waals surface area contributed by atoms with Gasteiger partial charge in [-0.3, -0.25) is 14.1 Å². The van der Waals surface area contributed by atoms with Crippen molar-refractivity contribution < 1.29 is 27.8 Å². The number of hydrogen-bond donors (Lipinski definition) is 1. The number of aromatic nitrogens is 4. The molecule has 13 heteroatoms. The Morgan fingerprint density at radius 2 is 1.83 bits per heavy atom. The van der Waals surface area contributed by atoms with Crippen molar-refractivity contribution >= 4 is 21.6 Å². The van der Waals surface area contributed by atoms with Crippen LogP contribution >= 0.6 is 0 Å². The van der Waals surface area contributed by atoms with E-state index in [0.29, 0.717) is 24.0 Å². The van der Waals surface area contributed by atoms with Crippen LogP contribution in [0.2, 0.25) is 0 Å². The zero-order valence-electron chi connectivity index (χ0n) is 30.7. The van der Waals surface area contributed by atoms with Gasteiger partial charge in [0.25, 0.3) is 0 Å². The zero-order valence-corrected chi connectivity index (χ0v) is 31.5. The number of aliphatic carboxylic acids is 1. The van der Waals surface area contributed by atoms with Crippen molar-refractivity contribution in [1.82, 2.24) is 28.8 Å². The molecule has 2 aliphatic carbocycles. The van der Waals surface area contributed by atoms with Gasteiger partial charge in [0.2, 0.25) is 21.8 Å². The van der Waals surface area contributed by atoms with Crippen LogP contribution in [-0.4, -0.2) is 86.7 Å². The molecular formula is C39H48N6O6S. The standard InChI is InChI=1S/C39H48N6O6S/c1-24-8-9-28(32(38(4,5)37(46)47)30-12-17-45-33(26(30)3)41-42-34(45)27-10-11-27)21-29(24)22-44-23-39(13-14-39)51-36-31(52(44,48)49)20-25(2)35(40-36)50-19-18-43-15-6-7-16-43/h8-9,12,17,20-21,27,32H,6-7,10-11,13-16,18-19,22-23H2,1-5H3,(H,46,47)/t32-/m0/s1. The van der Waals surface area contributed by atoms with E-state index >= 15 is 0 Å². The summed E-state index contributed by atoms with van der Waals surface area (Å²) in [4.78, 5) is 19.9. The second kappa shape index (κ2) is 12.8. The molecule has 5 heterocycles. The van der Waals surface area contributed by atoms with Crippen LogP contribution < -0.4 is 9.47 Å². The summed E-state index contributed by atoms with van der Waals surface area (Å²) in [6.07, 6.45) is 8.00. The molecule has 1 atom stereocenters. The first kappa shape index (κ1) is 35.0. The Morgan fingerprint density at radius 1 is 1.08 bits per heavy atom. The van der Waals surface area contributed by atoms with Crippen molar-refractivity contribution in [2.24, 2.45) is 5.41 Å². The third kappa shape index (κ3) is 6.24. The number of hydrogen-bond acceptors (Lipinski definition) is 9. The molecule has 3 fully saturated rings. The first-order chi connectivity index (χ1) is 24.8. The zero-order chi connectivity index (χ0) is 36.6. The van der Waals surface area contributed by atoms with E-state index in [1.807, 2.05) is 55.6 Å². The highest BCUT2D eigenvalue weighted by atomic mass is 32.2. The number of carboxylic acid groups (broad SMARTS) is 1. The van der Waals surface area contributed by atoms with Crippen LogP contribution in [0.1, 0.15) is 103 Å². The highest BCUT2D eigenvalue weighted by Gasteiger charge is 2.53. The second-order valence-corrected chi connectivity index (χ2v) is 17.8. The summed E-state index contributed by atoms with van der Waals surface area (Å²) >= 11 is 0.